The molecular weight excluding hydrogens is 332 g/mol. The molecular formula is C17H13F2N3OS. The Labute approximate surface area is 140 Å². The summed E-state index contributed by atoms with van der Waals surface area (Å²) in [5.74, 6) is -1.46. The van der Waals surface area contributed by atoms with Crippen LogP contribution in [0.4, 0.5) is 13.9 Å². The number of halogens is 2. The van der Waals surface area contributed by atoms with Gasteiger partial charge >= 0.3 is 0 Å². The average Bonchev–Trinajstić information content (AvgIpc) is 3.14. The van der Waals surface area contributed by atoms with Gasteiger partial charge in [-0.2, -0.15) is 0 Å². The lowest BCUT2D eigenvalue weighted by atomic mass is 10.0. The Bertz CT molecular complexity index is 956. The molecule has 2 atom stereocenters. The van der Waals surface area contributed by atoms with E-state index in [0.717, 1.165) is 11.1 Å². The summed E-state index contributed by atoms with van der Waals surface area (Å²) in [6.45, 7) is 1.93. The SMILES string of the molecule is Cc1ccncc1-c1cc(F)c2nc(NC(=O)[C@@H]3C[C@@H]3F)sc2c1. The zero-order chi connectivity index (χ0) is 16.8. The van der Waals surface area contributed by atoms with Crippen molar-refractivity contribution < 1.29 is 13.6 Å². The van der Waals surface area contributed by atoms with Crippen LogP contribution in [0, 0.1) is 18.7 Å². The third-order valence-electron chi connectivity index (χ3n) is 4.08. The Balaban J connectivity index is 1.70. The third-order valence-corrected chi connectivity index (χ3v) is 5.00. The lowest BCUT2D eigenvalue weighted by molar-refractivity contribution is -0.117. The lowest BCUT2D eigenvalue weighted by Gasteiger charge is -2.05. The third kappa shape index (κ3) is 2.65. The molecule has 24 heavy (non-hydrogen) atoms. The minimum absolute atomic E-state index is 0.202. The van der Waals surface area contributed by atoms with E-state index in [-0.39, 0.29) is 17.1 Å². The number of carbonyl (C=O) groups is 1. The number of amides is 1. The molecule has 1 saturated carbocycles. The molecule has 3 aromatic rings. The van der Waals surface area contributed by atoms with Crippen LogP contribution >= 0.6 is 11.3 Å². The molecule has 1 aliphatic carbocycles. The van der Waals surface area contributed by atoms with Crippen molar-refractivity contribution in [2.24, 2.45) is 5.92 Å². The second-order valence-corrected chi connectivity index (χ2v) is 6.89. The normalized spacial score (nSPS) is 19.5. The molecule has 4 nitrogen and oxygen atoms in total. The second kappa shape index (κ2) is 5.59. The number of thiazole rings is 1. The molecule has 1 N–H and O–H groups in total. The van der Waals surface area contributed by atoms with Gasteiger partial charge in [-0.1, -0.05) is 11.3 Å². The topological polar surface area (TPSA) is 54.9 Å². The van der Waals surface area contributed by atoms with Gasteiger partial charge in [0, 0.05) is 18.0 Å². The van der Waals surface area contributed by atoms with Crippen LogP contribution in [0.5, 0.6) is 0 Å². The Morgan fingerprint density at radius 2 is 2.21 bits per heavy atom. The molecule has 122 valence electrons. The second-order valence-electron chi connectivity index (χ2n) is 5.86. The number of fused-ring (bicyclic) bond motifs is 1. The molecule has 0 spiro atoms. The van der Waals surface area contributed by atoms with Gasteiger partial charge in [-0.3, -0.25) is 9.78 Å². The minimum atomic E-state index is -1.07. The van der Waals surface area contributed by atoms with Crippen molar-refractivity contribution in [3.63, 3.8) is 0 Å². The van der Waals surface area contributed by atoms with Gasteiger partial charge in [-0.05, 0) is 42.7 Å². The number of alkyl halides is 1. The van der Waals surface area contributed by atoms with Crippen LogP contribution in [0.15, 0.2) is 30.6 Å². The smallest absolute Gasteiger partial charge is 0.232 e. The predicted molar refractivity (Wildman–Crippen MR) is 89.2 cm³/mol. The highest BCUT2D eigenvalue weighted by atomic mass is 32.1. The first-order valence-electron chi connectivity index (χ1n) is 7.49. The molecule has 2 aromatic heterocycles. The quantitative estimate of drug-likeness (QED) is 0.777. The van der Waals surface area contributed by atoms with Crippen LogP contribution in [-0.2, 0) is 4.79 Å². The molecule has 0 radical (unpaired) electrons. The van der Waals surface area contributed by atoms with Gasteiger partial charge in [0.05, 0.1) is 10.6 Å². The summed E-state index contributed by atoms with van der Waals surface area (Å²) >= 11 is 1.17. The Kier molecular flexibility index (Phi) is 3.53. The number of rotatable bonds is 3. The fourth-order valence-electron chi connectivity index (χ4n) is 2.60. The lowest BCUT2D eigenvalue weighted by Crippen LogP contribution is -2.14. The van der Waals surface area contributed by atoms with Crippen molar-refractivity contribution in [2.75, 3.05) is 5.32 Å². The number of nitrogens with zero attached hydrogens (tertiary/aromatic N) is 2. The Morgan fingerprint density at radius 3 is 2.92 bits per heavy atom. The number of benzene rings is 1. The van der Waals surface area contributed by atoms with E-state index in [2.05, 4.69) is 15.3 Å². The molecule has 0 aliphatic heterocycles. The summed E-state index contributed by atoms with van der Waals surface area (Å²) in [5, 5.41) is 2.86. The number of aryl methyl sites for hydroxylation is 1. The minimum Gasteiger partial charge on any atom is -0.302 e. The van der Waals surface area contributed by atoms with E-state index in [1.54, 1.807) is 12.4 Å². The molecule has 0 saturated heterocycles. The first-order valence-corrected chi connectivity index (χ1v) is 8.30. The number of anilines is 1. The number of hydrogen-bond acceptors (Lipinski definition) is 4. The molecule has 1 fully saturated rings. The average molecular weight is 345 g/mol. The summed E-state index contributed by atoms with van der Waals surface area (Å²) in [6.07, 6.45) is 2.55. The van der Waals surface area contributed by atoms with E-state index in [9.17, 15) is 13.6 Å². The van der Waals surface area contributed by atoms with Gasteiger partial charge in [0.2, 0.25) is 5.91 Å². The van der Waals surface area contributed by atoms with Gasteiger partial charge in [0.1, 0.15) is 11.7 Å². The fraction of sp³-hybridized carbons (Fsp3) is 0.235. The van der Waals surface area contributed by atoms with E-state index in [1.807, 2.05) is 19.1 Å². The van der Waals surface area contributed by atoms with E-state index in [0.29, 0.717) is 10.3 Å². The molecule has 0 bridgehead atoms. The van der Waals surface area contributed by atoms with Crippen LogP contribution in [0.25, 0.3) is 21.3 Å². The van der Waals surface area contributed by atoms with Crippen LogP contribution in [0.3, 0.4) is 0 Å². The van der Waals surface area contributed by atoms with Gasteiger partial charge in [0.15, 0.2) is 10.9 Å². The molecule has 2 heterocycles. The van der Waals surface area contributed by atoms with Crippen LogP contribution in [0.2, 0.25) is 0 Å². The largest absolute Gasteiger partial charge is 0.302 e. The zero-order valence-corrected chi connectivity index (χ0v) is 13.5. The van der Waals surface area contributed by atoms with Crippen LogP contribution in [0.1, 0.15) is 12.0 Å². The first kappa shape index (κ1) is 15.1. The molecule has 1 aliphatic rings. The van der Waals surface area contributed by atoms with E-state index in [4.69, 9.17) is 0 Å². The highest BCUT2D eigenvalue weighted by Gasteiger charge is 2.43. The summed E-state index contributed by atoms with van der Waals surface area (Å²) in [5.41, 5.74) is 2.74. The van der Waals surface area contributed by atoms with Crippen LogP contribution in [-0.4, -0.2) is 22.0 Å². The van der Waals surface area contributed by atoms with Gasteiger partial charge in [-0.25, -0.2) is 13.8 Å². The van der Waals surface area contributed by atoms with Crippen molar-refractivity contribution in [3.8, 4) is 11.1 Å². The fourth-order valence-corrected chi connectivity index (χ4v) is 3.52. The number of hydrogen-bond donors (Lipinski definition) is 1. The van der Waals surface area contributed by atoms with Crippen LogP contribution < -0.4 is 5.32 Å². The molecule has 1 aromatic carbocycles. The maximum absolute atomic E-state index is 14.4. The molecule has 1 amide bonds. The van der Waals surface area contributed by atoms with Gasteiger partial charge < -0.3 is 5.32 Å². The van der Waals surface area contributed by atoms with Crippen molar-refractivity contribution in [2.45, 2.75) is 19.5 Å². The van der Waals surface area contributed by atoms with Gasteiger partial charge in [-0.15, -0.1) is 0 Å². The zero-order valence-electron chi connectivity index (χ0n) is 12.7. The highest BCUT2D eigenvalue weighted by molar-refractivity contribution is 7.22. The first-order chi connectivity index (χ1) is 11.5. The molecule has 0 unspecified atom stereocenters. The summed E-state index contributed by atoms with van der Waals surface area (Å²) < 4.78 is 28.0. The molecule has 7 heteroatoms. The standard InChI is InChI=1S/C17H13F2N3OS/c1-8-2-3-20-7-11(8)9-4-13(19)15-14(5-9)24-17(21-15)22-16(23)10-6-12(10)18/h2-5,7,10,12H,6H2,1H3,(H,21,22,23)/t10-,12+/m1/s1. The van der Waals surface area contributed by atoms with Crippen molar-refractivity contribution in [1.29, 1.82) is 0 Å². The summed E-state index contributed by atoms with van der Waals surface area (Å²) in [6, 6.07) is 5.10. The van der Waals surface area contributed by atoms with E-state index >= 15 is 0 Å². The van der Waals surface area contributed by atoms with Gasteiger partial charge in [0.25, 0.3) is 0 Å². The van der Waals surface area contributed by atoms with E-state index < -0.39 is 23.8 Å². The maximum Gasteiger partial charge on any atom is 0.232 e. The Morgan fingerprint density at radius 1 is 1.42 bits per heavy atom. The van der Waals surface area contributed by atoms with Crippen molar-refractivity contribution >= 4 is 32.6 Å². The highest BCUT2D eigenvalue weighted by Crippen LogP contribution is 2.37. The molecule has 4 rings (SSSR count). The predicted octanol–water partition coefficient (Wildman–Crippen LogP) is 4.10. The summed E-state index contributed by atoms with van der Waals surface area (Å²) in [7, 11) is 0. The number of aromatic nitrogens is 2. The maximum atomic E-state index is 14.4. The number of nitrogens with one attached hydrogen (secondary N) is 1. The number of carbonyl (C=O) groups excluding carboxylic acids is 1. The van der Waals surface area contributed by atoms with Crippen molar-refractivity contribution in [3.05, 3.63) is 42.0 Å². The number of pyridine rings is 1. The van der Waals surface area contributed by atoms with Crippen molar-refractivity contribution in [1.82, 2.24) is 9.97 Å². The van der Waals surface area contributed by atoms with E-state index in [1.165, 1.54) is 17.4 Å². The summed E-state index contributed by atoms with van der Waals surface area (Å²) in [4.78, 5) is 20.0. The Hall–Kier alpha value is -2.41. The monoisotopic (exact) mass is 345 g/mol.